The van der Waals surface area contributed by atoms with Crippen LogP contribution in [0.25, 0.3) is 0 Å². The van der Waals surface area contributed by atoms with E-state index >= 15 is 0 Å². The highest BCUT2D eigenvalue weighted by molar-refractivity contribution is 5.79. The molecule has 25 heavy (non-hydrogen) atoms. The number of amides is 1. The van der Waals surface area contributed by atoms with E-state index in [1.807, 2.05) is 6.07 Å². The minimum absolute atomic E-state index is 0.00752. The van der Waals surface area contributed by atoms with Gasteiger partial charge in [0.25, 0.3) is 0 Å². The van der Waals surface area contributed by atoms with Gasteiger partial charge >= 0.3 is 5.97 Å². The number of nitrogens with zero attached hydrogens (tertiary/aromatic N) is 2. The van der Waals surface area contributed by atoms with E-state index < -0.39 is 12.1 Å². The van der Waals surface area contributed by atoms with Crippen molar-refractivity contribution in [2.24, 2.45) is 11.8 Å². The van der Waals surface area contributed by atoms with Gasteiger partial charge in [-0.2, -0.15) is 5.26 Å². The maximum Gasteiger partial charge on any atom is 0.303 e. The summed E-state index contributed by atoms with van der Waals surface area (Å²) in [6, 6.07) is 2.05. The largest absolute Gasteiger partial charge is 0.457 e. The van der Waals surface area contributed by atoms with Gasteiger partial charge in [-0.3, -0.25) is 9.59 Å². The molecular formula is C20H28N2O3. The Bertz CT molecular complexity index is 623. The zero-order chi connectivity index (χ0) is 18.2. The van der Waals surface area contributed by atoms with Crippen LogP contribution in [0.5, 0.6) is 0 Å². The van der Waals surface area contributed by atoms with Crippen LogP contribution in [0.3, 0.4) is 0 Å². The Morgan fingerprint density at radius 1 is 1.44 bits per heavy atom. The summed E-state index contributed by atoms with van der Waals surface area (Å²) in [5, 5.41) is 9.19. The number of rotatable bonds is 4. The highest BCUT2D eigenvalue weighted by Gasteiger charge is 2.57. The molecule has 0 aromatic heterocycles. The number of carbonyl (C=O) groups excluding carboxylic acids is 2. The third-order valence-corrected chi connectivity index (χ3v) is 6.59. The third-order valence-electron chi connectivity index (χ3n) is 6.59. The zero-order valence-electron chi connectivity index (χ0n) is 15.3. The molecule has 1 spiro atoms. The van der Waals surface area contributed by atoms with Crippen molar-refractivity contribution in [2.75, 3.05) is 0 Å². The van der Waals surface area contributed by atoms with E-state index in [9.17, 15) is 14.9 Å². The van der Waals surface area contributed by atoms with Crippen molar-refractivity contribution in [3.63, 3.8) is 0 Å². The molecule has 2 heterocycles. The molecule has 0 aromatic carbocycles. The normalized spacial score (nSPS) is 35.3. The molecule has 0 aromatic rings. The summed E-state index contributed by atoms with van der Waals surface area (Å²) in [7, 11) is 0. The fourth-order valence-electron chi connectivity index (χ4n) is 5.73. The first-order valence-electron chi connectivity index (χ1n) is 9.47. The van der Waals surface area contributed by atoms with Gasteiger partial charge in [-0.05, 0) is 43.9 Å². The maximum absolute atomic E-state index is 13.0. The van der Waals surface area contributed by atoms with Crippen molar-refractivity contribution in [1.82, 2.24) is 4.90 Å². The molecule has 2 saturated heterocycles. The monoisotopic (exact) mass is 344 g/mol. The predicted octanol–water partition coefficient (Wildman–Crippen LogP) is 3.35. The Morgan fingerprint density at radius 3 is 2.76 bits per heavy atom. The molecule has 0 bridgehead atoms. The van der Waals surface area contributed by atoms with Gasteiger partial charge in [-0.1, -0.05) is 19.9 Å². The van der Waals surface area contributed by atoms with Gasteiger partial charge < -0.3 is 9.64 Å². The molecule has 1 amide bonds. The average Bonchev–Trinajstić information content (AvgIpc) is 2.97. The second-order valence-corrected chi connectivity index (χ2v) is 8.06. The number of hydrogen-bond donors (Lipinski definition) is 0. The zero-order valence-corrected chi connectivity index (χ0v) is 15.3. The van der Waals surface area contributed by atoms with E-state index in [2.05, 4.69) is 18.4 Å². The van der Waals surface area contributed by atoms with Gasteiger partial charge in [0, 0.05) is 31.3 Å². The van der Waals surface area contributed by atoms with E-state index in [4.69, 9.17) is 4.74 Å². The van der Waals surface area contributed by atoms with E-state index in [0.717, 1.165) is 25.7 Å². The fourth-order valence-corrected chi connectivity index (χ4v) is 5.73. The Morgan fingerprint density at radius 2 is 2.12 bits per heavy atom. The topological polar surface area (TPSA) is 70.4 Å². The summed E-state index contributed by atoms with van der Waals surface area (Å²) in [5.74, 6) is 0.853. The number of nitriles is 1. The number of ether oxygens (including phenoxy) is 1. The maximum atomic E-state index is 13.0. The first kappa shape index (κ1) is 18.0. The van der Waals surface area contributed by atoms with Crippen LogP contribution in [-0.2, 0) is 14.3 Å². The second-order valence-electron chi connectivity index (χ2n) is 8.06. The van der Waals surface area contributed by atoms with Gasteiger partial charge in [0.05, 0.1) is 11.6 Å². The van der Waals surface area contributed by atoms with Gasteiger partial charge in [0.15, 0.2) is 0 Å². The molecule has 0 radical (unpaired) electrons. The van der Waals surface area contributed by atoms with Crippen LogP contribution in [0, 0.1) is 23.2 Å². The van der Waals surface area contributed by atoms with Crippen molar-refractivity contribution in [3.8, 4) is 6.07 Å². The molecule has 1 aliphatic carbocycles. The van der Waals surface area contributed by atoms with Crippen LogP contribution in [0.4, 0.5) is 0 Å². The number of piperidine rings is 2. The van der Waals surface area contributed by atoms with Gasteiger partial charge in [-0.15, -0.1) is 0 Å². The smallest absolute Gasteiger partial charge is 0.303 e. The third kappa shape index (κ3) is 3.07. The molecule has 1 saturated carbocycles. The molecule has 5 heteroatoms. The lowest BCUT2D eigenvalue weighted by Gasteiger charge is -2.57. The standard InChI is InChI=1S/C20H28N2O3/c1-13-10-19(24)22-16(11-18(14(2)12-21)25-15(3)23)6-4-8-20(22)9-5-7-17(13)20/h13,16-18H,2,4-11H2,1,3H3/t13-,16+,17+,18?,20+/m0/s1. The highest BCUT2D eigenvalue weighted by Crippen LogP contribution is 2.54. The van der Waals surface area contributed by atoms with Crippen molar-refractivity contribution in [2.45, 2.75) is 82.9 Å². The summed E-state index contributed by atoms with van der Waals surface area (Å²) in [6.07, 6.45) is 7.02. The molecule has 3 fully saturated rings. The lowest BCUT2D eigenvalue weighted by atomic mass is 9.67. The van der Waals surface area contributed by atoms with Gasteiger partial charge in [-0.25, -0.2) is 0 Å². The van der Waals surface area contributed by atoms with Crippen LogP contribution in [-0.4, -0.2) is 34.5 Å². The summed E-state index contributed by atoms with van der Waals surface area (Å²) in [6.45, 7) is 7.32. The van der Waals surface area contributed by atoms with E-state index in [-0.39, 0.29) is 23.1 Å². The second kappa shape index (κ2) is 6.82. The molecule has 2 aliphatic heterocycles. The van der Waals surface area contributed by atoms with Crippen LogP contribution in [0.2, 0.25) is 0 Å². The van der Waals surface area contributed by atoms with Crippen LogP contribution >= 0.6 is 0 Å². The molecule has 5 atom stereocenters. The summed E-state index contributed by atoms with van der Waals surface area (Å²) in [5.41, 5.74) is 0.252. The Labute approximate surface area is 150 Å². The lowest BCUT2D eigenvalue weighted by molar-refractivity contribution is -0.161. The highest BCUT2D eigenvalue weighted by atomic mass is 16.5. The number of carbonyl (C=O) groups is 2. The molecule has 0 N–H and O–H groups in total. The van der Waals surface area contributed by atoms with Gasteiger partial charge in [0.2, 0.25) is 5.91 Å². The lowest BCUT2D eigenvalue weighted by Crippen LogP contribution is -2.65. The Kier molecular flexibility index (Phi) is 4.90. The summed E-state index contributed by atoms with van der Waals surface area (Å²) >= 11 is 0. The van der Waals surface area contributed by atoms with E-state index in [0.29, 0.717) is 24.7 Å². The molecule has 3 rings (SSSR count). The Balaban J connectivity index is 1.86. The number of esters is 1. The van der Waals surface area contributed by atoms with Crippen LogP contribution < -0.4 is 0 Å². The van der Waals surface area contributed by atoms with Crippen molar-refractivity contribution in [3.05, 3.63) is 12.2 Å². The summed E-state index contributed by atoms with van der Waals surface area (Å²) in [4.78, 5) is 26.5. The van der Waals surface area contributed by atoms with E-state index in [1.165, 1.54) is 19.8 Å². The fraction of sp³-hybridized carbons (Fsp3) is 0.750. The van der Waals surface area contributed by atoms with E-state index in [1.54, 1.807) is 0 Å². The predicted molar refractivity (Wildman–Crippen MR) is 93.3 cm³/mol. The molecular weight excluding hydrogens is 316 g/mol. The van der Waals surface area contributed by atoms with Crippen molar-refractivity contribution < 1.29 is 14.3 Å². The molecule has 1 unspecified atom stereocenters. The first-order valence-corrected chi connectivity index (χ1v) is 9.47. The minimum Gasteiger partial charge on any atom is -0.457 e. The van der Waals surface area contributed by atoms with Crippen LogP contribution in [0.15, 0.2) is 12.2 Å². The van der Waals surface area contributed by atoms with Crippen molar-refractivity contribution >= 4 is 11.9 Å². The van der Waals surface area contributed by atoms with Gasteiger partial charge in [0.1, 0.15) is 6.10 Å². The quantitative estimate of drug-likeness (QED) is 0.579. The molecule has 5 nitrogen and oxygen atoms in total. The SMILES string of the molecule is C=C(C#N)C(C[C@H]1CCC[C@@]23CCC[C@@H]2[C@@H](C)CC(=O)N13)OC(C)=O. The number of hydrogen-bond acceptors (Lipinski definition) is 4. The average molecular weight is 344 g/mol. The molecule has 3 aliphatic rings. The summed E-state index contributed by atoms with van der Waals surface area (Å²) < 4.78 is 5.35. The first-order chi connectivity index (χ1) is 11.9. The minimum atomic E-state index is -0.630. The molecule has 136 valence electrons. The van der Waals surface area contributed by atoms with Crippen molar-refractivity contribution in [1.29, 1.82) is 5.26 Å². The Hall–Kier alpha value is -1.83. The van der Waals surface area contributed by atoms with Crippen LogP contribution in [0.1, 0.15) is 65.2 Å².